The number of ether oxygens (including phenoxy) is 1. The number of rotatable bonds is 4. The topological polar surface area (TPSA) is 115 Å². The SMILES string of the molecule is CC(C)(C)OC(=O)Nc1ccc(-c2cccs2)cc1N.O=C(O)c1cncc(-c2cccs2)c1. The molecule has 0 atom stereocenters. The molecule has 0 fully saturated rings. The van der Waals surface area contributed by atoms with Gasteiger partial charge in [0.15, 0.2) is 0 Å². The van der Waals surface area contributed by atoms with Gasteiger partial charge < -0.3 is 15.6 Å². The lowest BCUT2D eigenvalue weighted by Gasteiger charge is -2.20. The van der Waals surface area contributed by atoms with Crippen LogP contribution >= 0.6 is 22.7 Å². The zero-order chi connectivity index (χ0) is 24.7. The number of nitrogens with zero attached hydrogens (tertiary/aromatic N) is 1. The minimum Gasteiger partial charge on any atom is -0.478 e. The minimum absolute atomic E-state index is 0.218. The van der Waals surface area contributed by atoms with Gasteiger partial charge in [0.05, 0.1) is 16.9 Å². The second kappa shape index (κ2) is 11.0. The molecule has 0 spiro atoms. The van der Waals surface area contributed by atoms with E-state index < -0.39 is 17.7 Å². The van der Waals surface area contributed by atoms with Gasteiger partial charge in [-0.05, 0) is 67.4 Å². The van der Waals surface area contributed by atoms with Crippen LogP contribution in [-0.2, 0) is 4.74 Å². The third-order valence-corrected chi connectivity index (χ3v) is 6.12. The zero-order valence-corrected chi connectivity index (χ0v) is 20.6. The van der Waals surface area contributed by atoms with Gasteiger partial charge in [0, 0.05) is 27.7 Å². The van der Waals surface area contributed by atoms with Crippen molar-refractivity contribution in [3.05, 3.63) is 77.2 Å². The monoisotopic (exact) mass is 495 g/mol. The molecule has 7 nitrogen and oxygen atoms in total. The van der Waals surface area contributed by atoms with E-state index in [-0.39, 0.29) is 5.56 Å². The third kappa shape index (κ3) is 7.16. The molecule has 0 bridgehead atoms. The fraction of sp³-hybridized carbons (Fsp3) is 0.160. The first-order valence-electron chi connectivity index (χ1n) is 10.3. The van der Waals surface area contributed by atoms with E-state index in [0.717, 1.165) is 20.9 Å². The number of nitrogens with one attached hydrogen (secondary N) is 1. The molecule has 0 saturated heterocycles. The van der Waals surface area contributed by atoms with Crippen LogP contribution in [0, 0.1) is 0 Å². The number of hydrogen-bond acceptors (Lipinski definition) is 7. The standard InChI is InChI=1S/C15H18N2O2S.C10H7NO2S/c1-15(2,3)19-14(18)17-12-7-6-10(9-11(12)16)13-5-4-8-20-13;12-10(13)8-4-7(5-11-6-8)9-2-1-3-14-9/h4-9H,16H2,1-3H3,(H,17,18);1-6H,(H,12,13). The van der Waals surface area contributed by atoms with E-state index in [4.69, 9.17) is 15.6 Å². The molecule has 4 N–H and O–H groups in total. The highest BCUT2D eigenvalue weighted by Crippen LogP contribution is 2.30. The number of carbonyl (C=O) groups is 2. The van der Waals surface area contributed by atoms with Crippen molar-refractivity contribution in [2.75, 3.05) is 11.1 Å². The van der Waals surface area contributed by atoms with E-state index in [1.807, 2.05) is 67.9 Å². The molecule has 1 amide bonds. The van der Waals surface area contributed by atoms with Crippen LogP contribution in [0.2, 0.25) is 0 Å². The average Bonchev–Trinajstić information content (AvgIpc) is 3.49. The van der Waals surface area contributed by atoms with E-state index >= 15 is 0 Å². The summed E-state index contributed by atoms with van der Waals surface area (Å²) in [4.78, 5) is 28.4. The van der Waals surface area contributed by atoms with Gasteiger partial charge in [-0.25, -0.2) is 9.59 Å². The number of nitrogen functional groups attached to an aromatic ring is 1. The smallest absolute Gasteiger partial charge is 0.412 e. The fourth-order valence-corrected chi connectivity index (χ4v) is 4.25. The molecule has 176 valence electrons. The Morgan fingerprint density at radius 1 is 0.971 bits per heavy atom. The van der Waals surface area contributed by atoms with Gasteiger partial charge in [-0.3, -0.25) is 10.3 Å². The van der Waals surface area contributed by atoms with E-state index in [0.29, 0.717) is 11.4 Å². The number of nitrogens with two attached hydrogens (primary N) is 1. The van der Waals surface area contributed by atoms with E-state index in [1.165, 1.54) is 6.20 Å². The number of thiophene rings is 2. The van der Waals surface area contributed by atoms with Crippen molar-refractivity contribution in [2.45, 2.75) is 26.4 Å². The van der Waals surface area contributed by atoms with Gasteiger partial charge in [-0.1, -0.05) is 18.2 Å². The van der Waals surface area contributed by atoms with Crippen LogP contribution in [0.5, 0.6) is 0 Å². The number of carboxylic acids is 1. The maximum Gasteiger partial charge on any atom is 0.412 e. The Bertz CT molecular complexity index is 1250. The van der Waals surface area contributed by atoms with Gasteiger partial charge in [0.2, 0.25) is 0 Å². The third-order valence-electron chi connectivity index (χ3n) is 4.28. The lowest BCUT2D eigenvalue weighted by molar-refractivity contribution is 0.0634. The van der Waals surface area contributed by atoms with Crippen molar-refractivity contribution in [2.24, 2.45) is 0 Å². The fourth-order valence-electron chi connectivity index (χ4n) is 2.82. The molecule has 4 aromatic rings. The molecule has 4 rings (SSSR count). The van der Waals surface area contributed by atoms with Crippen LogP contribution in [0.3, 0.4) is 0 Å². The first-order chi connectivity index (χ1) is 16.1. The summed E-state index contributed by atoms with van der Waals surface area (Å²) in [5.41, 5.74) is 8.61. The highest BCUT2D eigenvalue weighted by Gasteiger charge is 2.17. The van der Waals surface area contributed by atoms with Gasteiger partial charge in [-0.15, -0.1) is 22.7 Å². The Kier molecular flexibility index (Phi) is 8.04. The summed E-state index contributed by atoms with van der Waals surface area (Å²) in [5, 5.41) is 15.4. The molecule has 0 aliphatic rings. The van der Waals surface area contributed by atoms with E-state index in [2.05, 4.69) is 10.3 Å². The summed E-state index contributed by atoms with van der Waals surface area (Å²) in [7, 11) is 0. The Hall–Kier alpha value is -3.69. The number of hydrogen-bond donors (Lipinski definition) is 3. The predicted molar refractivity (Wildman–Crippen MR) is 139 cm³/mol. The Balaban J connectivity index is 0.000000202. The lowest BCUT2D eigenvalue weighted by Crippen LogP contribution is -2.27. The number of carboxylic acid groups (broad SMARTS) is 1. The van der Waals surface area contributed by atoms with E-state index in [9.17, 15) is 9.59 Å². The van der Waals surface area contributed by atoms with Crippen molar-refractivity contribution in [1.82, 2.24) is 4.98 Å². The number of pyridine rings is 1. The molecular formula is C25H25N3O4S2. The van der Waals surface area contributed by atoms with Crippen LogP contribution in [0.15, 0.2) is 71.7 Å². The van der Waals surface area contributed by atoms with Crippen molar-refractivity contribution in [1.29, 1.82) is 0 Å². The van der Waals surface area contributed by atoms with Crippen molar-refractivity contribution in [3.63, 3.8) is 0 Å². The van der Waals surface area contributed by atoms with Crippen molar-refractivity contribution >= 4 is 46.1 Å². The number of carbonyl (C=O) groups excluding carboxylic acids is 1. The lowest BCUT2D eigenvalue weighted by atomic mass is 10.1. The Morgan fingerprint density at radius 3 is 2.15 bits per heavy atom. The van der Waals surface area contributed by atoms with Crippen LogP contribution in [0.25, 0.3) is 20.9 Å². The predicted octanol–water partition coefficient (Wildman–Crippen LogP) is 6.85. The minimum atomic E-state index is -0.948. The zero-order valence-electron chi connectivity index (χ0n) is 18.9. The number of amides is 1. The number of aromatic carboxylic acids is 1. The maximum atomic E-state index is 11.7. The second-order valence-electron chi connectivity index (χ2n) is 8.15. The summed E-state index contributed by atoms with van der Waals surface area (Å²) < 4.78 is 5.20. The highest BCUT2D eigenvalue weighted by molar-refractivity contribution is 7.13. The van der Waals surface area contributed by atoms with Crippen LogP contribution < -0.4 is 11.1 Å². The van der Waals surface area contributed by atoms with E-state index in [1.54, 1.807) is 41.0 Å². The van der Waals surface area contributed by atoms with Gasteiger partial charge in [0.25, 0.3) is 0 Å². The van der Waals surface area contributed by atoms with Crippen LogP contribution in [0.4, 0.5) is 16.2 Å². The molecule has 0 saturated carbocycles. The maximum absolute atomic E-state index is 11.7. The van der Waals surface area contributed by atoms with Gasteiger partial charge in [-0.2, -0.15) is 0 Å². The van der Waals surface area contributed by atoms with Crippen molar-refractivity contribution < 1.29 is 19.4 Å². The molecule has 0 radical (unpaired) electrons. The normalized spacial score (nSPS) is 10.7. The first kappa shape index (κ1) is 24.9. The number of aromatic nitrogens is 1. The molecule has 1 aromatic carbocycles. The second-order valence-corrected chi connectivity index (χ2v) is 10.0. The molecule has 34 heavy (non-hydrogen) atoms. The highest BCUT2D eigenvalue weighted by atomic mass is 32.1. The molecule has 0 aliphatic heterocycles. The average molecular weight is 496 g/mol. The molecule has 3 heterocycles. The summed E-state index contributed by atoms with van der Waals surface area (Å²) in [6.07, 6.45) is 2.51. The van der Waals surface area contributed by atoms with Crippen LogP contribution in [-0.4, -0.2) is 27.8 Å². The molecule has 0 aliphatic carbocycles. The van der Waals surface area contributed by atoms with Crippen LogP contribution in [0.1, 0.15) is 31.1 Å². The first-order valence-corrected chi connectivity index (χ1v) is 12.0. The molecule has 0 unspecified atom stereocenters. The molecule has 3 aromatic heterocycles. The Morgan fingerprint density at radius 2 is 1.62 bits per heavy atom. The summed E-state index contributed by atoms with van der Waals surface area (Å²) in [6, 6.07) is 15.1. The van der Waals surface area contributed by atoms with Gasteiger partial charge >= 0.3 is 12.1 Å². The number of anilines is 2. The van der Waals surface area contributed by atoms with Gasteiger partial charge in [0.1, 0.15) is 5.60 Å². The number of benzene rings is 1. The summed E-state index contributed by atoms with van der Waals surface area (Å²) >= 11 is 3.21. The summed E-state index contributed by atoms with van der Waals surface area (Å²) in [5.74, 6) is -0.948. The summed E-state index contributed by atoms with van der Waals surface area (Å²) in [6.45, 7) is 5.45. The Labute approximate surface area is 205 Å². The molecular weight excluding hydrogens is 470 g/mol. The largest absolute Gasteiger partial charge is 0.478 e. The molecule has 9 heteroatoms. The van der Waals surface area contributed by atoms with Crippen molar-refractivity contribution in [3.8, 4) is 20.9 Å². The quantitative estimate of drug-likeness (QED) is 0.267.